The molecule has 1 saturated heterocycles. The number of carbonyl (C=O) groups is 1. The maximum Gasteiger partial charge on any atom is 0.320 e. The highest BCUT2D eigenvalue weighted by atomic mass is 35.5. The van der Waals surface area contributed by atoms with E-state index in [4.69, 9.17) is 11.6 Å². The predicted molar refractivity (Wildman–Crippen MR) is 97.2 cm³/mol. The van der Waals surface area contributed by atoms with E-state index in [-0.39, 0.29) is 17.3 Å². The van der Waals surface area contributed by atoms with Gasteiger partial charge in [0.1, 0.15) is 6.20 Å². The number of amides is 1. The Bertz CT molecular complexity index is 814. The molecular weight excluding hydrogens is 358 g/mol. The van der Waals surface area contributed by atoms with Crippen LogP contribution in [0.15, 0.2) is 30.5 Å². The van der Waals surface area contributed by atoms with Gasteiger partial charge in [0.2, 0.25) is 5.69 Å². The van der Waals surface area contributed by atoms with Crippen LogP contribution in [-0.2, 0) is 13.1 Å². The fraction of sp³-hybridized carbons (Fsp3) is 0.412. The molecule has 0 atom stereocenters. The molecule has 8 nitrogen and oxygen atoms in total. The number of hydrogen-bond acceptors (Lipinski definition) is 5. The maximum absolute atomic E-state index is 12.8. The molecule has 26 heavy (non-hydrogen) atoms. The summed E-state index contributed by atoms with van der Waals surface area (Å²) in [5, 5.41) is 15.9. The summed E-state index contributed by atoms with van der Waals surface area (Å²) < 4.78 is 1.39. The number of nitrogens with zero attached hydrogens (tertiary/aromatic N) is 5. The number of rotatable bonds is 5. The topological polar surface area (TPSA) is 84.5 Å². The van der Waals surface area contributed by atoms with Gasteiger partial charge in [-0.1, -0.05) is 29.8 Å². The number of halogens is 1. The van der Waals surface area contributed by atoms with Gasteiger partial charge in [-0.3, -0.25) is 24.5 Å². The van der Waals surface area contributed by atoms with Gasteiger partial charge in [0.25, 0.3) is 5.91 Å². The van der Waals surface area contributed by atoms with E-state index in [1.165, 1.54) is 4.68 Å². The smallest absolute Gasteiger partial charge is 0.320 e. The Morgan fingerprint density at radius 3 is 2.58 bits per heavy atom. The molecule has 1 amide bonds. The molecular formula is C17H20ClN5O3. The first kappa shape index (κ1) is 18.3. The maximum atomic E-state index is 12.8. The van der Waals surface area contributed by atoms with Gasteiger partial charge < -0.3 is 4.90 Å². The van der Waals surface area contributed by atoms with Crippen molar-refractivity contribution in [2.24, 2.45) is 0 Å². The fourth-order valence-electron chi connectivity index (χ4n) is 3.10. The third-order valence-electron chi connectivity index (χ3n) is 4.53. The number of hydrogen-bond donors (Lipinski definition) is 0. The van der Waals surface area contributed by atoms with Crippen LogP contribution in [0.1, 0.15) is 23.0 Å². The lowest BCUT2D eigenvalue weighted by Gasteiger charge is -2.34. The first-order valence-electron chi connectivity index (χ1n) is 8.46. The molecule has 2 aromatic rings. The SMILES string of the molecule is CCn1ncc([N+](=O)[O-])c1C(=O)N1CCN(Cc2ccccc2Cl)CC1. The minimum absolute atomic E-state index is 0.0528. The first-order chi connectivity index (χ1) is 12.5. The van der Waals surface area contributed by atoms with E-state index in [0.29, 0.717) is 32.7 Å². The first-order valence-corrected chi connectivity index (χ1v) is 8.84. The molecule has 2 heterocycles. The summed E-state index contributed by atoms with van der Waals surface area (Å²) in [5.74, 6) is -0.339. The number of nitro groups is 1. The van der Waals surface area contributed by atoms with Crippen molar-refractivity contribution in [1.29, 1.82) is 0 Å². The second kappa shape index (κ2) is 7.84. The van der Waals surface area contributed by atoms with Crippen molar-refractivity contribution in [3.05, 3.63) is 56.9 Å². The molecule has 3 rings (SSSR count). The summed E-state index contributed by atoms with van der Waals surface area (Å²) in [4.78, 5) is 27.3. The Morgan fingerprint density at radius 2 is 1.96 bits per heavy atom. The van der Waals surface area contributed by atoms with Crippen molar-refractivity contribution in [2.45, 2.75) is 20.0 Å². The fourth-order valence-corrected chi connectivity index (χ4v) is 3.29. The lowest BCUT2D eigenvalue weighted by molar-refractivity contribution is -0.385. The van der Waals surface area contributed by atoms with Crippen molar-refractivity contribution in [2.75, 3.05) is 26.2 Å². The van der Waals surface area contributed by atoms with E-state index in [1.54, 1.807) is 11.8 Å². The molecule has 138 valence electrons. The van der Waals surface area contributed by atoms with E-state index in [2.05, 4.69) is 10.00 Å². The van der Waals surface area contributed by atoms with Crippen LogP contribution in [-0.4, -0.2) is 56.6 Å². The quantitative estimate of drug-likeness (QED) is 0.590. The molecule has 0 bridgehead atoms. The monoisotopic (exact) mass is 377 g/mol. The van der Waals surface area contributed by atoms with Gasteiger partial charge in [0.05, 0.1) is 4.92 Å². The van der Waals surface area contributed by atoms with Crippen molar-refractivity contribution in [1.82, 2.24) is 19.6 Å². The van der Waals surface area contributed by atoms with Gasteiger partial charge in [-0.2, -0.15) is 5.10 Å². The molecule has 1 fully saturated rings. The van der Waals surface area contributed by atoms with Crippen LogP contribution in [0.3, 0.4) is 0 Å². The number of aryl methyl sites for hydroxylation is 1. The Kier molecular flexibility index (Phi) is 5.53. The molecule has 1 aliphatic heterocycles. The van der Waals surface area contributed by atoms with Gasteiger partial charge in [-0.15, -0.1) is 0 Å². The Labute approximate surface area is 156 Å². The summed E-state index contributed by atoms with van der Waals surface area (Å²) in [5.41, 5.74) is 0.862. The number of piperazine rings is 1. The van der Waals surface area contributed by atoms with E-state index >= 15 is 0 Å². The number of carbonyl (C=O) groups excluding carboxylic acids is 1. The molecule has 0 N–H and O–H groups in total. The van der Waals surface area contributed by atoms with Crippen LogP contribution in [0.5, 0.6) is 0 Å². The molecule has 0 spiro atoms. The molecule has 1 aromatic heterocycles. The Hall–Kier alpha value is -2.45. The van der Waals surface area contributed by atoms with Crippen LogP contribution in [0.2, 0.25) is 5.02 Å². The zero-order chi connectivity index (χ0) is 18.7. The van der Waals surface area contributed by atoms with Crippen LogP contribution in [0.4, 0.5) is 5.69 Å². The summed E-state index contributed by atoms with van der Waals surface area (Å²) in [6, 6.07) is 7.70. The summed E-state index contributed by atoms with van der Waals surface area (Å²) in [6.45, 7) is 5.31. The lowest BCUT2D eigenvalue weighted by atomic mass is 10.2. The minimum atomic E-state index is -0.556. The number of aromatic nitrogens is 2. The standard InChI is InChI=1S/C17H20ClN5O3/c1-2-22-16(15(11-19-22)23(25)26)17(24)21-9-7-20(8-10-21)12-13-5-3-4-6-14(13)18/h3-6,11H,2,7-10,12H2,1H3. The second-order valence-corrected chi connectivity index (χ2v) is 6.52. The Morgan fingerprint density at radius 1 is 1.27 bits per heavy atom. The molecule has 1 aromatic carbocycles. The van der Waals surface area contributed by atoms with E-state index in [1.807, 2.05) is 24.3 Å². The molecule has 0 saturated carbocycles. The van der Waals surface area contributed by atoms with Crippen molar-refractivity contribution >= 4 is 23.2 Å². The van der Waals surface area contributed by atoms with Gasteiger partial charge >= 0.3 is 5.69 Å². The van der Waals surface area contributed by atoms with E-state index in [0.717, 1.165) is 23.3 Å². The molecule has 0 aliphatic carbocycles. The van der Waals surface area contributed by atoms with E-state index < -0.39 is 4.92 Å². The van der Waals surface area contributed by atoms with Gasteiger partial charge in [-0.05, 0) is 18.6 Å². The lowest BCUT2D eigenvalue weighted by Crippen LogP contribution is -2.48. The van der Waals surface area contributed by atoms with Crippen LogP contribution < -0.4 is 0 Å². The highest BCUT2D eigenvalue weighted by Crippen LogP contribution is 2.22. The highest BCUT2D eigenvalue weighted by molar-refractivity contribution is 6.31. The average Bonchev–Trinajstić information content (AvgIpc) is 3.08. The zero-order valence-corrected chi connectivity index (χ0v) is 15.2. The third-order valence-corrected chi connectivity index (χ3v) is 4.90. The second-order valence-electron chi connectivity index (χ2n) is 6.11. The normalized spacial score (nSPS) is 15.2. The van der Waals surface area contributed by atoms with Gasteiger partial charge in [0, 0.05) is 44.3 Å². The van der Waals surface area contributed by atoms with Gasteiger partial charge in [-0.25, -0.2) is 0 Å². The third kappa shape index (κ3) is 3.71. The van der Waals surface area contributed by atoms with E-state index in [9.17, 15) is 14.9 Å². The highest BCUT2D eigenvalue weighted by Gasteiger charge is 2.31. The van der Waals surface area contributed by atoms with Crippen molar-refractivity contribution in [3.8, 4) is 0 Å². The Balaban J connectivity index is 1.67. The van der Waals surface area contributed by atoms with Crippen molar-refractivity contribution in [3.63, 3.8) is 0 Å². The van der Waals surface area contributed by atoms with Gasteiger partial charge in [0.15, 0.2) is 0 Å². The molecule has 0 unspecified atom stereocenters. The van der Waals surface area contributed by atoms with Crippen LogP contribution in [0.25, 0.3) is 0 Å². The summed E-state index contributed by atoms with van der Waals surface area (Å²) in [7, 11) is 0. The van der Waals surface area contributed by atoms with Crippen LogP contribution >= 0.6 is 11.6 Å². The minimum Gasteiger partial charge on any atom is -0.335 e. The largest absolute Gasteiger partial charge is 0.335 e. The summed E-state index contributed by atoms with van der Waals surface area (Å²) >= 11 is 6.21. The van der Waals surface area contributed by atoms with Crippen molar-refractivity contribution < 1.29 is 9.72 Å². The summed E-state index contributed by atoms with van der Waals surface area (Å²) in [6.07, 6.45) is 1.14. The average molecular weight is 378 g/mol. The molecule has 9 heteroatoms. The predicted octanol–water partition coefficient (Wildman–Crippen LogP) is 2.42. The molecule has 0 radical (unpaired) electrons. The number of benzene rings is 1. The van der Waals surface area contributed by atoms with Crippen LogP contribution in [0, 0.1) is 10.1 Å². The zero-order valence-electron chi connectivity index (χ0n) is 14.5. The molecule has 1 aliphatic rings.